The van der Waals surface area contributed by atoms with Crippen LogP contribution in [-0.2, 0) is 50.6 Å². The molecule has 0 saturated carbocycles. The second kappa shape index (κ2) is 25.2. The minimum Gasteiger partial charge on any atom is -0.492 e. The van der Waals surface area contributed by atoms with Gasteiger partial charge in [0.15, 0.2) is 9.84 Å². The molecule has 5 aliphatic heterocycles. The van der Waals surface area contributed by atoms with Gasteiger partial charge in [-0.1, -0.05) is 25.5 Å². The molecule has 0 aromatic heterocycles. The van der Waals surface area contributed by atoms with Gasteiger partial charge in [-0.25, -0.2) is 8.42 Å². The van der Waals surface area contributed by atoms with Gasteiger partial charge in [0.25, 0.3) is 5.91 Å². The van der Waals surface area contributed by atoms with Gasteiger partial charge in [-0.05, 0) is 109 Å². The number of hydrogen-bond donors (Lipinski definition) is 5. The van der Waals surface area contributed by atoms with Crippen LogP contribution in [0.4, 0.5) is 0 Å². The molecule has 4 unspecified atom stereocenters. The maximum absolute atomic E-state index is 13.0. The maximum atomic E-state index is 13.0. The first kappa shape index (κ1) is 53.5. The van der Waals surface area contributed by atoms with E-state index in [2.05, 4.69) is 26.9 Å². The summed E-state index contributed by atoms with van der Waals surface area (Å²) in [6, 6.07) is 9.19. The van der Waals surface area contributed by atoms with E-state index in [1.807, 2.05) is 13.0 Å². The van der Waals surface area contributed by atoms with Crippen molar-refractivity contribution >= 4 is 52.1 Å². The van der Waals surface area contributed by atoms with Gasteiger partial charge in [-0.3, -0.25) is 34.1 Å². The summed E-state index contributed by atoms with van der Waals surface area (Å²) >= 11 is 0. The number of imide groups is 1. The Hall–Kier alpha value is -5.44. The van der Waals surface area contributed by atoms with Gasteiger partial charge >= 0.3 is 0 Å². The Bertz CT molecular complexity index is 2220. The molecule has 3 fully saturated rings. The molecule has 6 amide bonds. The Labute approximate surface area is 399 Å². The van der Waals surface area contributed by atoms with Crippen LogP contribution >= 0.6 is 0 Å². The number of aldehydes is 1. The number of unbranched alkanes of at least 4 members (excludes halogenated alkanes) is 2. The molecule has 4 atom stereocenters. The number of nitrogens with zero attached hydrogens (tertiary/aromatic N) is 3. The molecule has 68 heavy (non-hydrogen) atoms. The fraction of sp³-hybridized carbons (Fsp3) is 0.604. The van der Waals surface area contributed by atoms with Crippen LogP contribution in [0.1, 0.15) is 112 Å². The molecule has 3 saturated heterocycles. The number of sulfone groups is 1. The second-order valence-electron chi connectivity index (χ2n) is 18.3. The third kappa shape index (κ3) is 14.3. The third-order valence-electron chi connectivity index (χ3n) is 13.5. The van der Waals surface area contributed by atoms with Crippen molar-refractivity contribution in [2.75, 3.05) is 59.2 Å². The van der Waals surface area contributed by atoms with Gasteiger partial charge in [0, 0.05) is 79.3 Å². The van der Waals surface area contributed by atoms with Crippen LogP contribution in [0.2, 0.25) is 0 Å². The lowest BCUT2D eigenvalue weighted by atomic mass is 9.74. The summed E-state index contributed by atoms with van der Waals surface area (Å²) in [5.74, 6) is 0.701. The van der Waals surface area contributed by atoms with Crippen molar-refractivity contribution in [3.8, 4) is 11.5 Å². The van der Waals surface area contributed by atoms with Gasteiger partial charge in [-0.2, -0.15) is 0 Å². The number of fused-ring (bicyclic) bond motifs is 5. The lowest BCUT2D eigenvalue weighted by molar-refractivity contribution is -0.142. The number of nitrogens with one attached hydrogen (secondary N) is 3. The number of piperidine rings is 1. The lowest BCUT2D eigenvalue weighted by Gasteiger charge is -2.38. The Balaban J connectivity index is 0.000000248. The Morgan fingerprint density at radius 1 is 1.01 bits per heavy atom. The van der Waals surface area contributed by atoms with Crippen molar-refractivity contribution in [3.63, 3.8) is 0 Å². The quantitative estimate of drug-likeness (QED) is 0.105. The number of likely N-dealkylation sites (tertiary alicyclic amines) is 1. The molecule has 19 nitrogen and oxygen atoms in total. The molecule has 0 aliphatic carbocycles. The summed E-state index contributed by atoms with van der Waals surface area (Å²) in [6.07, 6.45) is 12.0. The van der Waals surface area contributed by atoms with Crippen LogP contribution in [0.15, 0.2) is 41.3 Å². The molecule has 1 spiro atoms. The molecule has 7 rings (SSSR count). The Morgan fingerprint density at radius 2 is 1.78 bits per heavy atom. The number of carbonyl (C=O) groups is 7. The summed E-state index contributed by atoms with van der Waals surface area (Å²) in [4.78, 5) is 86.2. The number of benzene rings is 2. The minimum absolute atomic E-state index is 0.00551. The van der Waals surface area contributed by atoms with Gasteiger partial charge in [0.1, 0.15) is 30.4 Å². The molecule has 2 aromatic rings. The van der Waals surface area contributed by atoms with Crippen molar-refractivity contribution in [3.05, 3.63) is 53.1 Å². The average molecular weight is 967 g/mol. The maximum Gasteiger partial charge on any atom is 0.252 e. The van der Waals surface area contributed by atoms with Gasteiger partial charge in [0.05, 0.1) is 17.5 Å². The van der Waals surface area contributed by atoms with Gasteiger partial charge in [-0.15, -0.1) is 0 Å². The van der Waals surface area contributed by atoms with Gasteiger partial charge < -0.3 is 51.1 Å². The zero-order valence-corrected chi connectivity index (χ0v) is 40.5. The summed E-state index contributed by atoms with van der Waals surface area (Å²) < 4.78 is 34.6. The number of amides is 6. The number of rotatable bonds is 18. The fourth-order valence-electron chi connectivity index (χ4n) is 9.43. The van der Waals surface area contributed by atoms with Crippen molar-refractivity contribution in [2.24, 2.45) is 11.5 Å². The van der Waals surface area contributed by atoms with E-state index in [9.17, 15) is 42.0 Å². The first-order chi connectivity index (χ1) is 32.5. The van der Waals surface area contributed by atoms with Crippen molar-refractivity contribution < 1.29 is 51.5 Å². The molecular weight excluding hydrogens is 897 g/mol. The molecule has 374 valence electrons. The van der Waals surface area contributed by atoms with Crippen LogP contribution < -0.4 is 36.9 Å². The zero-order chi connectivity index (χ0) is 49.4. The predicted octanol–water partition coefficient (Wildman–Crippen LogP) is 1.72. The SMILES string of the molecule is CCCCC(=O)NC=O.CNC(CCC(N)=O)COc1cccc(S(C)(=O)=O)c1.NC1CN(C(=O)CCCCN2CCC3(CC2)COc2c3ccc3c2CNC3=O)CCC2CCC(C=O)N2C1=O. The van der Waals surface area contributed by atoms with Crippen LogP contribution in [0.25, 0.3) is 0 Å². The number of ether oxygens (including phenoxy) is 2. The van der Waals surface area contributed by atoms with Crippen LogP contribution in [0.3, 0.4) is 0 Å². The van der Waals surface area contributed by atoms with E-state index < -0.39 is 15.9 Å². The minimum atomic E-state index is -3.25. The van der Waals surface area contributed by atoms with E-state index in [1.54, 1.807) is 29.0 Å². The summed E-state index contributed by atoms with van der Waals surface area (Å²) in [5, 5.41) is 7.99. The first-order valence-electron chi connectivity index (χ1n) is 23.8. The highest BCUT2D eigenvalue weighted by Gasteiger charge is 2.45. The van der Waals surface area contributed by atoms with E-state index in [1.165, 1.54) is 17.7 Å². The van der Waals surface area contributed by atoms with Crippen LogP contribution in [0.5, 0.6) is 11.5 Å². The summed E-state index contributed by atoms with van der Waals surface area (Å²) in [7, 11) is -1.48. The standard InChI is InChI=1S/C29H39N5O5.C13H20N2O4S.C6H11NO2/c30-24-16-33(12-8-19-4-5-20(17-35)34(19)28(24)38)25(36)3-1-2-11-32-13-9-29(10-14-32)18-39-26-22-15-31-27(37)21(22)6-7-23(26)29;1-15-10(6-7-13(14)16)9-19-11-4-3-5-12(8-11)20(2,17)18;1-2-3-4-6(9)7-5-8/h6-7,17,19-20,24H,1-5,8-16,18,30H2,(H,31,37);3-5,8,10,15H,6-7,9H2,1-2H3,(H2,14,16);5H,2-4H2,1H3,(H,7,8,9). The molecular formula is C48H70N8O11S. The molecule has 5 heterocycles. The van der Waals surface area contributed by atoms with E-state index in [-0.39, 0.29) is 70.9 Å². The highest BCUT2D eigenvalue weighted by atomic mass is 32.2. The Morgan fingerprint density at radius 3 is 2.46 bits per heavy atom. The first-order valence-corrected chi connectivity index (χ1v) is 25.6. The van der Waals surface area contributed by atoms with E-state index in [0.717, 1.165) is 94.0 Å². The molecule has 20 heteroatoms. The highest BCUT2D eigenvalue weighted by Crippen LogP contribution is 2.48. The smallest absolute Gasteiger partial charge is 0.252 e. The number of nitrogens with two attached hydrogens (primary N) is 2. The van der Waals surface area contributed by atoms with E-state index in [4.69, 9.17) is 20.9 Å². The number of carbonyl (C=O) groups excluding carboxylic acids is 7. The fourth-order valence-corrected chi connectivity index (χ4v) is 10.1. The van der Waals surface area contributed by atoms with Crippen molar-refractivity contribution in [2.45, 2.75) is 131 Å². The number of primary amides is 1. The molecule has 0 radical (unpaired) electrons. The normalized spacial score (nSPS) is 20.9. The molecule has 7 N–H and O–H groups in total. The Kier molecular flexibility index (Phi) is 19.9. The lowest BCUT2D eigenvalue weighted by Crippen LogP contribution is -2.57. The van der Waals surface area contributed by atoms with Crippen LogP contribution in [-0.4, -0.2) is 149 Å². The average Bonchev–Trinajstić information content (AvgIpc) is 4.03. The zero-order valence-electron chi connectivity index (χ0n) is 39.7. The van der Waals surface area contributed by atoms with Crippen molar-refractivity contribution in [1.29, 1.82) is 0 Å². The second-order valence-corrected chi connectivity index (χ2v) is 20.3. The van der Waals surface area contributed by atoms with E-state index in [0.29, 0.717) is 70.6 Å². The number of hydrogen-bond acceptors (Lipinski definition) is 14. The predicted molar refractivity (Wildman–Crippen MR) is 253 cm³/mol. The third-order valence-corrected chi connectivity index (χ3v) is 14.6. The van der Waals surface area contributed by atoms with E-state index >= 15 is 0 Å². The summed E-state index contributed by atoms with van der Waals surface area (Å²) in [5.41, 5.74) is 14.3. The highest BCUT2D eigenvalue weighted by molar-refractivity contribution is 7.90. The summed E-state index contributed by atoms with van der Waals surface area (Å²) in [6.45, 7) is 7.31. The van der Waals surface area contributed by atoms with Gasteiger partial charge in [0.2, 0.25) is 30.0 Å². The molecule has 0 bridgehead atoms. The largest absolute Gasteiger partial charge is 0.492 e. The molecule has 2 aromatic carbocycles. The monoisotopic (exact) mass is 966 g/mol. The topological polar surface area (TPSA) is 270 Å². The van der Waals surface area contributed by atoms with Crippen LogP contribution in [0, 0.1) is 0 Å². The van der Waals surface area contributed by atoms with Crippen molar-refractivity contribution in [1.82, 2.24) is 30.7 Å². The number of likely N-dealkylation sites (N-methyl/N-ethyl adjacent to an activating group) is 1. The molecule has 5 aliphatic rings.